The number of aromatic amines is 1. The zero-order chi connectivity index (χ0) is 19.3. The molecule has 0 atom stereocenters. The maximum Gasteiger partial charge on any atom is 0.330 e. The van der Waals surface area contributed by atoms with Gasteiger partial charge in [-0.15, -0.1) is 11.3 Å². The average Bonchev–Trinajstić information content (AvgIpc) is 3.05. The van der Waals surface area contributed by atoms with E-state index in [1.165, 1.54) is 25.2 Å². The molecule has 2 aromatic carbocycles. The molecule has 7 heteroatoms. The molecule has 0 aliphatic carbocycles. The van der Waals surface area contributed by atoms with Crippen LogP contribution >= 0.6 is 11.3 Å². The van der Waals surface area contributed by atoms with Gasteiger partial charge in [0.15, 0.2) is 0 Å². The Kier molecular flexibility index (Phi) is 3.78. The van der Waals surface area contributed by atoms with Crippen molar-refractivity contribution in [3.63, 3.8) is 0 Å². The lowest BCUT2D eigenvalue weighted by Gasteiger charge is -2.21. The van der Waals surface area contributed by atoms with Crippen molar-refractivity contribution in [2.45, 2.75) is 19.4 Å². The molecule has 6 nitrogen and oxygen atoms in total. The van der Waals surface area contributed by atoms with E-state index in [9.17, 15) is 19.5 Å². The number of carboxylic acid groups (broad SMARTS) is 1. The summed E-state index contributed by atoms with van der Waals surface area (Å²) in [7, 11) is 0. The van der Waals surface area contributed by atoms with Crippen LogP contribution in [0.25, 0.3) is 32.1 Å². The summed E-state index contributed by atoms with van der Waals surface area (Å²) in [5.74, 6) is -1.25. The van der Waals surface area contributed by atoms with Crippen molar-refractivity contribution >= 4 is 38.3 Å². The highest BCUT2D eigenvalue weighted by Gasteiger charge is 2.33. The molecule has 27 heavy (non-hydrogen) atoms. The smallest absolute Gasteiger partial charge is 0.330 e. The zero-order valence-electron chi connectivity index (χ0n) is 14.6. The van der Waals surface area contributed by atoms with Gasteiger partial charge in [0, 0.05) is 10.9 Å². The number of rotatable bonds is 3. The molecular formula is C20H16N2O4S. The molecule has 0 saturated heterocycles. The van der Waals surface area contributed by atoms with Crippen molar-refractivity contribution < 1.29 is 9.90 Å². The molecule has 4 rings (SSSR count). The van der Waals surface area contributed by atoms with Gasteiger partial charge in [-0.05, 0) is 36.2 Å². The standard InChI is InChI=1S/C20H16N2O4S/c1-20(2,18(24)25)22-17(23)15-14(10-27-16(15)21-19(22)26)13-8-7-11-5-3-4-6-12(11)9-13/h3-10H,1-2H3,(H,21,26)(H,24,25). The lowest BCUT2D eigenvalue weighted by atomic mass is 10.0. The van der Waals surface area contributed by atoms with E-state index in [-0.39, 0.29) is 0 Å². The van der Waals surface area contributed by atoms with Crippen LogP contribution in [-0.4, -0.2) is 20.6 Å². The Balaban J connectivity index is 2.04. The third kappa shape index (κ3) is 2.59. The molecule has 0 spiro atoms. The van der Waals surface area contributed by atoms with Crippen molar-refractivity contribution in [1.82, 2.24) is 9.55 Å². The number of aromatic nitrogens is 2. The highest BCUT2D eigenvalue weighted by atomic mass is 32.1. The largest absolute Gasteiger partial charge is 0.480 e. The van der Waals surface area contributed by atoms with E-state index < -0.39 is 22.8 Å². The van der Waals surface area contributed by atoms with Gasteiger partial charge in [-0.1, -0.05) is 36.4 Å². The van der Waals surface area contributed by atoms with Gasteiger partial charge in [0.1, 0.15) is 10.4 Å². The number of aliphatic carboxylic acids is 1. The minimum absolute atomic E-state index is 0.323. The van der Waals surface area contributed by atoms with E-state index in [2.05, 4.69) is 4.98 Å². The molecular weight excluding hydrogens is 364 g/mol. The zero-order valence-corrected chi connectivity index (χ0v) is 15.5. The van der Waals surface area contributed by atoms with Gasteiger partial charge >= 0.3 is 11.7 Å². The number of thiophene rings is 1. The van der Waals surface area contributed by atoms with Crippen molar-refractivity contribution in [2.24, 2.45) is 0 Å². The second-order valence-corrected chi connectivity index (χ2v) is 7.73. The summed E-state index contributed by atoms with van der Waals surface area (Å²) < 4.78 is 0.773. The topological polar surface area (TPSA) is 92.2 Å². The van der Waals surface area contributed by atoms with Crippen LogP contribution in [0.4, 0.5) is 0 Å². The van der Waals surface area contributed by atoms with Gasteiger partial charge in [-0.25, -0.2) is 14.2 Å². The molecule has 0 saturated carbocycles. The Morgan fingerprint density at radius 1 is 1.11 bits per heavy atom. The maximum atomic E-state index is 13.1. The van der Waals surface area contributed by atoms with Gasteiger partial charge in [0.25, 0.3) is 5.56 Å². The summed E-state index contributed by atoms with van der Waals surface area (Å²) >= 11 is 1.25. The van der Waals surface area contributed by atoms with Crippen molar-refractivity contribution in [1.29, 1.82) is 0 Å². The van der Waals surface area contributed by atoms with E-state index in [0.717, 1.165) is 20.9 Å². The SMILES string of the molecule is CC(C)(C(=O)O)n1c(=O)[nH]c2scc(-c3ccc4ccccc4c3)c2c1=O. The molecule has 0 fully saturated rings. The highest BCUT2D eigenvalue weighted by Crippen LogP contribution is 2.32. The Hall–Kier alpha value is -3.19. The van der Waals surface area contributed by atoms with Gasteiger partial charge in [-0.2, -0.15) is 0 Å². The molecule has 2 heterocycles. The minimum Gasteiger partial charge on any atom is -0.480 e. The van der Waals surface area contributed by atoms with Gasteiger partial charge in [0.05, 0.1) is 5.39 Å². The summed E-state index contributed by atoms with van der Waals surface area (Å²) in [5, 5.41) is 13.7. The predicted molar refractivity (Wildman–Crippen MR) is 107 cm³/mol. The molecule has 2 N–H and O–H groups in total. The first-order valence-electron chi connectivity index (χ1n) is 8.30. The number of benzene rings is 2. The Morgan fingerprint density at radius 3 is 2.52 bits per heavy atom. The molecule has 2 aromatic heterocycles. The number of hydrogen-bond acceptors (Lipinski definition) is 4. The van der Waals surface area contributed by atoms with Crippen LogP contribution < -0.4 is 11.2 Å². The maximum absolute atomic E-state index is 13.1. The summed E-state index contributed by atoms with van der Waals surface area (Å²) in [6, 6.07) is 13.8. The summed E-state index contributed by atoms with van der Waals surface area (Å²) in [5.41, 5.74) is -1.49. The van der Waals surface area contributed by atoms with E-state index in [1.807, 2.05) is 47.8 Å². The number of H-pyrrole nitrogens is 1. The van der Waals surface area contributed by atoms with Crippen molar-refractivity contribution in [3.8, 4) is 11.1 Å². The number of nitrogens with zero attached hydrogens (tertiary/aromatic N) is 1. The first kappa shape index (κ1) is 17.2. The number of carbonyl (C=O) groups is 1. The molecule has 0 aliphatic rings. The first-order chi connectivity index (χ1) is 12.8. The van der Waals surface area contributed by atoms with E-state index in [1.54, 1.807) is 0 Å². The average molecular weight is 380 g/mol. The predicted octanol–water partition coefficient (Wildman–Crippen LogP) is 3.39. The molecule has 0 aliphatic heterocycles. The Morgan fingerprint density at radius 2 is 1.81 bits per heavy atom. The molecule has 4 aromatic rings. The number of fused-ring (bicyclic) bond motifs is 2. The number of nitrogens with one attached hydrogen (secondary N) is 1. The number of hydrogen-bond donors (Lipinski definition) is 2. The summed E-state index contributed by atoms with van der Waals surface area (Å²) in [4.78, 5) is 40.2. The summed E-state index contributed by atoms with van der Waals surface area (Å²) in [6.07, 6.45) is 0. The van der Waals surface area contributed by atoms with Crippen LogP contribution in [0.15, 0.2) is 57.4 Å². The molecule has 0 radical (unpaired) electrons. The van der Waals surface area contributed by atoms with Crippen LogP contribution in [0.2, 0.25) is 0 Å². The fourth-order valence-electron chi connectivity index (χ4n) is 3.19. The van der Waals surface area contributed by atoms with Crippen LogP contribution in [0.5, 0.6) is 0 Å². The van der Waals surface area contributed by atoms with Crippen LogP contribution in [0.3, 0.4) is 0 Å². The van der Waals surface area contributed by atoms with Gasteiger partial charge < -0.3 is 5.11 Å². The summed E-state index contributed by atoms with van der Waals surface area (Å²) in [6.45, 7) is 2.67. The number of carboxylic acids is 1. The quantitative estimate of drug-likeness (QED) is 0.570. The third-order valence-corrected chi connectivity index (χ3v) is 5.67. The fraction of sp³-hybridized carbons (Fsp3) is 0.150. The second-order valence-electron chi connectivity index (χ2n) is 6.85. The van der Waals surface area contributed by atoms with Crippen LogP contribution in [0, 0.1) is 0 Å². The normalized spacial score (nSPS) is 11.9. The molecule has 136 valence electrons. The van der Waals surface area contributed by atoms with E-state index in [0.29, 0.717) is 15.8 Å². The Bertz CT molecular complexity index is 1330. The highest BCUT2D eigenvalue weighted by molar-refractivity contribution is 7.17. The van der Waals surface area contributed by atoms with Crippen molar-refractivity contribution in [2.75, 3.05) is 0 Å². The monoisotopic (exact) mass is 380 g/mol. The Labute approximate surface area is 157 Å². The molecule has 0 unspecified atom stereocenters. The van der Waals surface area contributed by atoms with E-state index >= 15 is 0 Å². The second kappa shape index (κ2) is 5.92. The fourth-order valence-corrected chi connectivity index (χ4v) is 4.14. The van der Waals surface area contributed by atoms with Crippen LogP contribution in [0.1, 0.15) is 13.8 Å². The van der Waals surface area contributed by atoms with Crippen molar-refractivity contribution in [3.05, 3.63) is 68.7 Å². The molecule has 0 bridgehead atoms. The van der Waals surface area contributed by atoms with Gasteiger partial charge in [0.2, 0.25) is 0 Å². The lowest BCUT2D eigenvalue weighted by Crippen LogP contribution is -2.50. The molecule has 0 amide bonds. The van der Waals surface area contributed by atoms with E-state index in [4.69, 9.17) is 0 Å². The van der Waals surface area contributed by atoms with Gasteiger partial charge in [-0.3, -0.25) is 9.78 Å². The first-order valence-corrected chi connectivity index (χ1v) is 9.18. The van der Waals surface area contributed by atoms with Crippen LogP contribution in [-0.2, 0) is 10.3 Å². The third-order valence-electron chi connectivity index (χ3n) is 4.77. The lowest BCUT2D eigenvalue weighted by molar-refractivity contribution is -0.146. The minimum atomic E-state index is -1.67.